The standard InChI is InChI=1S/C14H13BrClN3O3S/c1-2-14-7-23-11-8(3-4-9(16)17-11)18(14)12(21)13(22)19(14)10(20)5-6-15/h3-4H,2,5-7H2,1H3. The SMILES string of the molecule is CCC12CSc3nc(Cl)ccc3N1C(=O)C(=O)N2C(=O)CCBr. The predicted molar refractivity (Wildman–Crippen MR) is 90.7 cm³/mol. The molecule has 0 aromatic carbocycles. The summed E-state index contributed by atoms with van der Waals surface area (Å²) >= 11 is 10.5. The number of hydrogen-bond acceptors (Lipinski definition) is 5. The van der Waals surface area contributed by atoms with Crippen LogP contribution in [-0.4, -0.2) is 44.4 Å². The summed E-state index contributed by atoms with van der Waals surface area (Å²) < 4.78 is 0. The summed E-state index contributed by atoms with van der Waals surface area (Å²) in [5.41, 5.74) is -0.444. The van der Waals surface area contributed by atoms with E-state index in [4.69, 9.17) is 11.6 Å². The van der Waals surface area contributed by atoms with Crippen LogP contribution >= 0.6 is 39.3 Å². The number of carbonyl (C=O) groups is 3. The summed E-state index contributed by atoms with van der Waals surface area (Å²) in [6.07, 6.45) is 0.610. The average Bonchev–Trinajstić information content (AvgIpc) is 2.76. The Morgan fingerprint density at radius 3 is 2.83 bits per heavy atom. The van der Waals surface area contributed by atoms with Gasteiger partial charge in [-0.05, 0) is 18.6 Å². The Morgan fingerprint density at radius 2 is 2.17 bits per heavy atom. The van der Waals surface area contributed by atoms with Crippen molar-refractivity contribution >= 4 is 62.7 Å². The fourth-order valence-corrected chi connectivity index (χ4v) is 4.80. The van der Waals surface area contributed by atoms with Crippen molar-refractivity contribution in [3.05, 3.63) is 17.3 Å². The van der Waals surface area contributed by atoms with Crippen LogP contribution in [0.5, 0.6) is 0 Å². The minimum Gasteiger partial charge on any atom is -0.276 e. The van der Waals surface area contributed by atoms with Crippen LogP contribution in [0.15, 0.2) is 17.2 Å². The predicted octanol–water partition coefficient (Wildman–Crippen LogP) is 2.43. The van der Waals surface area contributed by atoms with Crippen LogP contribution in [-0.2, 0) is 14.4 Å². The first-order valence-corrected chi connectivity index (χ1v) is 9.51. The number of carbonyl (C=O) groups excluding carboxylic acids is 3. The van der Waals surface area contributed by atoms with Gasteiger partial charge in [-0.25, -0.2) is 9.88 Å². The topological polar surface area (TPSA) is 70.6 Å². The molecule has 0 aliphatic carbocycles. The molecule has 1 unspecified atom stereocenters. The van der Waals surface area contributed by atoms with Crippen molar-refractivity contribution < 1.29 is 14.4 Å². The van der Waals surface area contributed by atoms with Crippen molar-refractivity contribution in [3.8, 4) is 0 Å². The van der Waals surface area contributed by atoms with Crippen LogP contribution < -0.4 is 4.90 Å². The highest BCUT2D eigenvalue weighted by molar-refractivity contribution is 9.09. The molecule has 2 aliphatic rings. The Labute approximate surface area is 150 Å². The van der Waals surface area contributed by atoms with Gasteiger partial charge in [-0.1, -0.05) is 46.2 Å². The highest BCUT2D eigenvalue weighted by Crippen LogP contribution is 2.47. The number of amides is 3. The Hall–Kier alpha value is -1.12. The maximum atomic E-state index is 12.6. The molecule has 3 amide bonds. The maximum absolute atomic E-state index is 12.6. The van der Waals surface area contributed by atoms with Crippen LogP contribution in [0.4, 0.5) is 5.69 Å². The molecule has 1 atom stereocenters. The van der Waals surface area contributed by atoms with Gasteiger partial charge in [0.1, 0.15) is 15.8 Å². The van der Waals surface area contributed by atoms with Crippen LogP contribution in [0.25, 0.3) is 0 Å². The second-order valence-corrected chi connectivity index (χ2v) is 7.34. The van der Waals surface area contributed by atoms with Crippen LogP contribution in [0.1, 0.15) is 19.8 Å². The van der Waals surface area contributed by atoms with E-state index in [1.165, 1.54) is 16.7 Å². The number of thioether (sulfide) groups is 1. The van der Waals surface area contributed by atoms with E-state index in [0.29, 0.717) is 33.4 Å². The number of imide groups is 1. The lowest BCUT2D eigenvalue weighted by Gasteiger charge is -2.44. The minimum absolute atomic E-state index is 0.158. The fourth-order valence-electron chi connectivity index (χ4n) is 2.96. The van der Waals surface area contributed by atoms with E-state index in [9.17, 15) is 14.4 Å². The quantitative estimate of drug-likeness (QED) is 0.428. The van der Waals surface area contributed by atoms with Gasteiger partial charge in [0.05, 0.1) is 5.69 Å². The number of anilines is 1. The van der Waals surface area contributed by atoms with Crippen LogP contribution in [0.2, 0.25) is 5.15 Å². The van der Waals surface area contributed by atoms with Gasteiger partial charge in [-0.15, -0.1) is 0 Å². The molecule has 0 saturated carbocycles. The minimum atomic E-state index is -0.972. The van der Waals surface area contributed by atoms with E-state index in [-0.39, 0.29) is 12.3 Å². The van der Waals surface area contributed by atoms with Crippen molar-refractivity contribution in [2.45, 2.75) is 30.5 Å². The van der Waals surface area contributed by atoms with Gasteiger partial charge in [-0.3, -0.25) is 19.3 Å². The smallest absolute Gasteiger partial charge is 0.276 e. The number of aromatic nitrogens is 1. The van der Waals surface area contributed by atoms with E-state index >= 15 is 0 Å². The van der Waals surface area contributed by atoms with E-state index in [0.717, 1.165) is 4.90 Å². The molecule has 1 aromatic heterocycles. The van der Waals surface area contributed by atoms with Gasteiger partial charge in [-0.2, -0.15) is 0 Å². The molecular weight excluding hydrogens is 406 g/mol. The van der Waals surface area contributed by atoms with Gasteiger partial charge >= 0.3 is 11.8 Å². The third-order valence-electron chi connectivity index (χ3n) is 4.03. The Bertz CT molecular complexity index is 717. The molecule has 9 heteroatoms. The maximum Gasteiger partial charge on any atom is 0.321 e. The van der Waals surface area contributed by atoms with Gasteiger partial charge in [0.2, 0.25) is 5.91 Å². The van der Waals surface area contributed by atoms with Crippen molar-refractivity contribution in [3.63, 3.8) is 0 Å². The first-order chi connectivity index (χ1) is 11.0. The molecule has 0 spiro atoms. The molecule has 1 aromatic rings. The molecule has 122 valence electrons. The molecule has 0 radical (unpaired) electrons. The first kappa shape index (κ1) is 16.7. The van der Waals surface area contributed by atoms with Gasteiger partial charge < -0.3 is 0 Å². The number of hydrogen-bond donors (Lipinski definition) is 0. The summed E-state index contributed by atoms with van der Waals surface area (Å²) in [5.74, 6) is -1.44. The van der Waals surface area contributed by atoms with E-state index in [1.54, 1.807) is 12.1 Å². The zero-order valence-electron chi connectivity index (χ0n) is 12.2. The van der Waals surface area contributed by atoms with Gasteiger partial charge in [0.25, 0.3) is 0 Å². The largest absolute Gasteiger partial charge is 0.321 e. The molecule has 0 N–H and O–H groups in total. The lowest BCUT2D eigenvalue weighted by atomic mass is 10.1. The average molecular weight is 419 g/mol. The summed E-state index contributed by atoms with van der Waals surface area (Å²) in [4.78, 5) is 44.2. The highest BCUT2D eigenvalue weighted by atomic mass is 79.9. The number of pyridine rings is 1. The molecule has 6 nitrogen and oxygen atoms in total. The normalized spacial score (nSPS) is 23.1. The monoisotopic (exact) mass is 417 g/mol. The van der Waals surface area contributed by atoms with Crippen molar-refractivity contribution in [1.29, 1.82) is 0 Å². The second-order valence-electron chi connectivity index (χ2n) is 5.20. The van der Waals surface area contributed by atoms with E-state index in [2.05, 4.69) is 20.9 Å². The number of alkyl halides is 1. The number of nitrogens with zero attached hydrogens (tertiary/aromatic N) is 3. The zero-order valence-corrected chi connectivity index (χ0v) is 15.4. The van der Waals surface area contributed by atoms with Crippen LogP contribution in [0, 0.1) is 0 Å². The molecule has 2 aliphatic heterocycles. The van der Waals surface area contributed by atoms with Crippen molar-refractivity contribution in [2.24, 2.45) is 0 Å². The summed E-state index contributed by atoms with van der Waals surface area (Å²) in [7, 11) is 0. The lowest BCUT2D eigenvalue weighted by molar-refractivity contribution is -0.150. The number of fused-ring (bicyclic) bond motifs is 3. The van der Waals surface area contributed by atoms with Gasteiger partial charge in [0.15, 0.2) is 0 Å². The first-order valence-electron chi connectivity index (χ1n) is 7.03. The Kier molecular flexibility index (Phi) is 4.41. The molecule has 3 rings (SSSR count). The zero-order chi connectivity index (χ0) is 16.8. The highest BCUT2D eigenvalue weighted by Gasteiger charge is 2.60. The Morgan fingerprint density at radius 1 is 1.43 bits per heavy atom. The molecule has 0 bridgehead atoms. The van der Waals surface area contributed by atoms with Crippen LogP contribution in [0.3, 0.4) is 0 Å². The molecule has 3 heterocycles. The van der Waals surface area contributed by atoms with Crippen molar-refractivity contribution in [1.82, 2.24) is 9.88 Å². The lowest BCUT2D eigenvalue weighted by Crippen LogP contribution is -2.59. The Balaban J connectivity index is 2.14. The second kappa shape index (κ2) is 6.07. The summed E-state index contributed by atoms with van der Waals surface area (Å²) in [5, 5.41) is 1.35. The molecule has 23 heavy (non-hydrogen) atoms. The third-order valence-corrected chi connectivity index (χ3v) is 5.82. The van der Waals surface area contributed by atoms with E-state index in [1.807, 2.05) is 6.92 Å². The molecule has 1 saturated heterocycles. The van der Waals surface area contributed by atoms with E-state index < -0.39 is 17.5 Å². The van der Waals surface area contributed by atoms with Gasteiger partial charge in [0, 0.05) is 17.5 Å². The number of rotatable bonds is 3. The van der Waals surface area contributed by atoms with Crippen molar-refractivity contribution in [2.75, 3.05) is 16.0 Å². The summed E-state index contributed by atoms with van der Waals surface area (Å²) in [6.45, 7) is 1.86. The molecule has 1 fully saturated rings. The summed E-state index contributed by atoms with van der Waals surface area (Å²) in [6, 6.07) is 3.25. The number of halogens is 2. The molecular formula is C14H13BrClN3O3S. The third kappa shape index (κ3) is 2.38. The fraction of sp³-hybridized carbons (Fsp3) is 0.429.